The highest BCUT2D eigenvalue weighted by Crippen LogP contribution is 2.28. The lowest BCUT2D eigenvalue weighted by Gasteiger charge is -2.32. The van der Waals surface area contributed by atoms with Crippen molar-refractivity contribution in [3.05, 3.63) is 0 Å². The number of hydrogen-bond acceptors (Lipinski definition) is 3. The molecule has 1 saturated carbocycles. The Hall–Kier alpha value is -0.610. The van der Waals surface area contributed by atoms with Crippen LogP contribution in [0.15, 0.2) is 0 Å². The maximum atomic E-state index is 10.9. The molecular formula is C14H26N2O2. The van der Waals surface area contributed by atoms with E-state index in [0.717, 1.165) is 32.2 Å². The third-order valence-corrected chi connectivity index (χ3v) is 4.61. The molecule has 4 nitrogen and oxygen atoms in total. The summed E-state index contributed by atoms with van der Waals surface area (Å²) in [5.74, 6) is 0.0153. The van der Waals surface area contributed by atoms with Gasteiger partial charge in [0.15, 0.2) is 0 Å². The minimum Gasteiger partial charge on any atom is -0.481 e. The van der Waals surface area contributed by atoms with Crippen LogP contribution in [0.4, 0.5) is 0 Å². The van der Waals surface area contributed by atoms with Crippen LogP contribution in [0.2, 0.25) is 0 Å². The van der Waals surface area contributed by atoms with E-state index in [4.69, 9.17) is 5.11 Å². The first-order valence-corrected chi connectivity index (χ1v) is 7.30. The number of nitrogens with zero attached hydrogens (tertiary/aromatic N) is 1. The average molecular weight is 254 g/mol. The molecule has 0 unspecified atom stereocenters. The standard InChI is InChI=1S/C14H26N2O2/c1-16-8-6-13(7-9-16)15-10-11-2-4-12(5-3-11)14(17)18/h11-13,15H,2-10H2,1H3,(H,17,18). The molecule has 104 valence electrons. The topological polar surface area (TPSA) is 52.6 Å². The van der Waals surface area contributed by atoms with Gasteiger partial charge < -0.3 is 15.3 Å². The van der Waals surface area contributed by atoms with Crippen molar-refractivity contribution in [3.63, 3.8) is 0 Å². The van der Waals surface area contributed by atoms with Crippen LogP contribution in [0, 0.1) is 11.8 Å². The number of rotatable bonds is 4. The normalized spacial score (nSPS) is 31.4. The summed E-state index contributed by atoms with van der Waals surface area (Å²) in [6.45, 7) is 3.48. The average Bonchev–Trinajstić information content (AvgIpc) is 2.38. The van der Waals surface area contributed by atoms with E-state index >= 15 is 0 Å². The molecule has 0 aromatic rings. The van der Waals surface area contributed by atoms with Crippen molar-refractivity contribution in [3.8, 4) is 0 Å². The Labute approximate surface area is 110 Å². The van der Waals surface area contributed by atoms with Crippen LogP contribution >= 0.6 is 0 Å². The highest BCUT2D eigenvalue weighted by Gasteiger charge is 2.26. The van der Waals surface area contributed by atoms with Crippen LogP contribution in [0.1, 0.15) is 38.5 Å². The van der Waals surface area contributed by atoms with Gasteiger partial charge in [-0.1, -0.05) is 0 Å². The zero-order valence-electron chi connectivity index (χ0n) is 11.4. The molecule has 2 N–H and O–H groups in total. The van der Waals surface area contributed by atoms with Gasteiger partial charge in [-0.2, -0.15) is 0 Å². The molecule has 2 fully saturated rings. The van der Waals surface area contributed by atoms with Crippen molar-refractivity contribution in [1.82, 2.24) is 10.2 Å². The number of piperidine rings is 1. The summed E-state index contributed by atoms with van der Waals surface area (Å²) in [5, 5.41) is 12.6. The molecule has 0 spiro atoms. The van der Waals surface area contributed by atoms with E-state index in [1.165, 1.54) is 25.9 Å². The number of likely N-dealkylation sites (tertiary alicyclic amines) is 1. The van der Waals surface area contributed by atoms with Gasteiger partial charge in [0.25, 0.3) is 0 Å². The Kier molecular flexibility index (Phi) is 5.01. The van der Waals surface area contributed by atoms with E-state index in [2.05, 4.69) is 17.3 Å². The van der Waals surface area contributed by atoms with Gasteiger partial charge in [0, 0.05) is 6.04 Å². The highest BCUT2D eigenvalue weighted by atomic mass is 16.4. The minimum atomic E-state index is -0.600. The minimum absolute atomic E-state index is 0.0791. The molecular weight excluding hydrogens is 228 g/mol. The molecule has 0 radical (unpaired) electrons. The Morgan fingerprint density at radius 3 is 2.33 bits per heavy atom. The molecule has 0 bridgehead atoms. The van der Waals surface area contributed by atoms with Gasteiger partial charge in [0.1, 0.15) is 0 Å². The summed E-state index contributed by atoms with van der Waals surface area (Å²) in [4.78, 5) is 13.3. The molecule has 1 aliphatic heterocycles. The second-order valence-corrected chi connectivity index (χ2v) is 6.04. The summed E-state index contributed by atoms with van der Waals surface area (Å²) in [5.41, 5.74) is 0. The summed E-state index contributed by atoms with van der Waals surface area (Å²) in [6, 6.07) is 0.679. The van der Waals surface area contributed by atoms with E-state index in [-0.39, 0.29) is 5.92 Å². The van der Waals surface area contributed by atoms with Gasteiger partial charge in [-0.25, -0.2) is 0 Å². The van der Waals surface area contributed by atoms with E-state index in [9.17, 15) is 4.79 Å². The Balaban J connectivity index is 1.62. The molecule has 0 aromatic heterocycles. The molecule has 1 saturated heterocycles. The number of aliphatic carboxylic acids is 1. The lowest BCUT2D eigenvalue weighted by Crippen LogP contribution is -2.42. The largest absolute Gasteiger partial charge is 0.481 e. The molecule has 2 aliphatic rings. The predicted octanol–water partition coefficient (Wildman–Crippen LogP) is 1.56. The second kappa shape index (κ2) is 6.53. The predicted molar refractivity (Wildman–Crippen MR) is 71.6 cm³/mol. The van der Waals surface area contributed by atoms with Crippen LogP contribution in [-0.4, -0.2) is 48.7 Å². The van der Waals surface area contributed by atoms with Gasteiger partial charge in [-0.3, -0.25) is 4.79 Å². The lowest BCUT2D eigenvalue weighted by molar-refractivity contribution is -0.143. The smallest absolute Gasteiger partial charge is 0.306 e. The van der Waals surface area contributed by atoms with Crippen molar-refractivity contribution in [1.29, 1.82) is 0 Å². The van der Waals surface area contributed by atoms with Gasteiger partial charge in [-0.15, -0.1) is 0 Å². The summed E-state index contributed by atoms with van der Waals surface area (Å²) in [7, 11) is 2.18. The van der Waals surface area contributed by atoms with Crippen LogP contribution in [0.5, 0.6) is 0 Å². The summed E-state index contributed by atoms with van der Waals surface area (Å²) >= 11 is 0. The van der Waals surface area contributed by atoms with Crippen LogP contribution in [0.25, 0.3) is 0 Å². The van der Waals surface area contributed by atoms with E-state index < -0.39 is 5.97 Å². The number of carbonyl (C=O) groups is 1. The van der Waals surface area contributed by atoms with Crippen LogP contribution < -0.4 is 5.32 Å². The Morgan fingerprint density at radius 2 is 1.78 bits per heavy atom. The maximum absolute atomic E-state index is 10.9. The van der Waals surface area contributed by atoms with Gasteiger partial charge in [0.05, 0.1) is 5.92 Å². The van der Waals surface area contributed by atoms with Crippen molar-refractivity contribution in [2.45, 2.75) is 44.6 Å². The molecule has 18 heavy (non-hydrogen) atoms. The fourth-order valence-electron chi connectivity index (χ4n) is 3.16. The van der Waals surface area contributed by atoms with Crippen LogP contribution in [-0.2, 0) is 4.79 Å². The molecule has 4 heteroatoms. The first-order valence-electron chi connectivity index (χ1n) is 7.30. The molecule has 0 atom stereocenters. The van der Waals surface area contributed by atoms with Crippen molar-refractivity contribution >= 4 is 5.97 Å². The quantitative estimate of drug-likeness (QED) is 0.799. The van der Waals surface area contributed by atoms with Gasteiger partial charge in [0.2, 0.25) is 0 Å². The first-order chi connectivity index (χ1) is 8.65. The maximum Gasteiger partial charge on any atom is 0.306 e. The monoisotopic (exact) mass is 254 g/mol. The van der Waals surface area contributed by atoms with Crippen molar-refractivity contribution < 1.29 is 9.90 Å². The van der Waals surface area contributed by atoms with Crippen molar-refractivity contribution in [2.75, 3.05) is 26.7 Å². The Bertz CT molecular complexity index is 267. The molecule has 2 rings (SSSR count). The number of carboxylic acid groups (broad SMARTS) is 1. The van der Waals surface area contributed by atoms with Crippen LogP contribution in [0.3, 0.4) is 0 Å². The zero-order chi connectivity index (χ0) is 13.0. The van der Waals surface area contributed by atoms with E-state index in [1.54, 1.807) is 0 Å². The zero-order valence-corrected chi connectivity index (χ0v) is 11.4. The summed E-state index contributed by atoms with van der Waals surface area (Å²) < 4.78 is 0. The fourth-order valence-corrected chi connectivity index (χ4v) is 3.16. The SMILES string of the molecule is CN1CCC(NCC2CCC(C(=O)O)CC2)CC1. The van der Waals surface area contributed by atoms with E-state index in [1.807, 2.05) is 0 Å². The third-order valence-electron chi connectivity index (χ3n) is 4.61. The second-order valence-electron chi connectivity index (χ2n) is 6.04. The molecule has 0 aromatic carbocycles. The molecule has 1 heterocycles. The first kappa shape index (κ1) is 13.8. The van der Waals surface area contributed by atoms with Gasteiger partial charge >= 0.3 is 5.97 Å². The molecule has 0 amide bonds. The summed E-state index contributed by atoms with van der Waals surface area (Å²) in [6.07, 6.45) is 6.40. The number of nitrogens with one attached hydrogen (secondary N) is 1. The van der Waals surface area contributed by atoms with Crippen molar-refractivity contribution in [2.24, 2.45) is 11.8 Å². The van der Waals surface area contributed by atoms with E-state index in [0.29, 0.717) is 12.0 Å². The fraction of sp³-hybridized carbons (Fsp3) is 0.929. The lowest BCUT2D eigenvalue weighted by atomic mass is 9.82. The molecule has 1 aliphatic carbocycles. The number of hydrogen-bond donors (Lipinski definition) is 2. The van der Waals surface area contributed by atoms with Gasteiger partial charge in [-0.05, 0) is 71.1 Å². The highest BCUT2D eigenvalue weighted by molar-refractivity contribution is 5.69. The Morgan fingerprint density at radius 1 is 1.17 bits per heavy atom. The third kappa shape index (κ3) is 3.95. The number of carboxylic acids is 1.